The fourth-order valence-corrected chi connectivity index (χ4v) is 2.16. The minimum Gasteiger partial charge on any atom is -0.383 e. The Morgan fingerprint density at radius 2 is 2.06 bits per heavy atom. The van der Waals surface area contributed by atoms with Crippen molar-refractivity contribution in [2.45, 2.75) is 5.51 Å². The van der Waals surface area contributed by atoms with Gasteiger partial charge in [0.25, 0.3) is 0 Å². The van der Waals surface area contributed by atoms with Crippen LogP contribution in [0.15, 0.2) is 22.7 Å². The lowest BCUT2D eigenvalue weighted by molar-refractivity contribution is -0.0327. The molecular weight excluding hydrogens is 327 g/mol. The van der Waals surface area contributed by atoms with Crippen molar-refractivity contribution in [2.75, 3.05) is 17.6 Å². The van der Waals surface area contributed by atoms with Crippen molar-refractivity contribution in [2.24, 2.45) is 0 Å². The van der Waals surface area contributed by atoms with Gasteiger partial charge in [-0.3, -0.25) is 0 Å². The molecule has 16 heavy (non-hydrogen) atoms. The Morgan fingerprint density at radius 3 is 2.62 bits per heavy atom. The highest BCUT2D eigenvalue weighted by molar-refractivity contribution is 9.10. The number of benzene rings is 1. The average Bonchev–Trinajstić information content (AvgIpc) is 2.13. The number of anilines is 1. The lowest BCUT2D eigenvalue weighted by atomic mass is 10.3. The molecule has 0 fully saturated rings. The molecule has 90 valence electrons. The molecule has 0 aliphatic heterocycles. The predicted octanol–water partition coefficient (Wildman–Crippen LogP) is 4.77. The van der Waals surface area contributed by atoms with Gasteiger partial charge in [0.1, 0.15) is 0 Å². The molecule has 0 aliphatic rings. The van der Waals surface area contributed by atoms with E-state index in [1.54, 1.807) is 18.2 Å². The van der Waals surface area contributed by atoms with E-state index < -0.39 is 5.51 Å². The number of nitrogens with one attached hydrogen (secondary N) is 1. The summed E-state index contributed by atoms with van der Waals surface area (Å²) in [6.07, 6.45) is 0. The van der Waals surface area contributed by atoms with Gasteiger partial charge in [-0.2, -0.15) is 13.2 Å². The molecule has 0 bridgehead atoms. The molecule has 0 aliphatic carbocycles. The van der Waals surface area contributed by atoms with E-state index in [1.807, 2.05) is 0 Å². The van der Waals surface area contributed by atoms with Gasteiger partial charge in [-0.1, -0.05) is 27.5 Å². The number of halogens is 5. The second-order valence-corrected chi connectivity index (χ2v) is 5.33. The summed E-state index contributed by atoms with van der Waals surface area (Å²) in [5.74, 6) is -0.0457. The monoisotopic (exact) mass is 333 g/mol. The third-order valence-corrected chi connectivity index (χ3v) is 3.16. The first-order chi connectivity index (χ1) is 7.38. The van der Waals surface area contributed by atoms with Crippen LogP contribution in [0.3, 0.4) is 0 Å². The second kappa shape index (κ2) is 6.02. The number of hydrogen-bond acceptors (Lipinski definition) is 2. The molecule has 0 radical (unpaired) electrons. The normalized spacial score (nSPS) is 11.6. The van der Waals surface area contributed by atoms with Crippen molar-refractivity contribution in [3.63, 3.8) is 0 Å². The number of hydrogen-bond donors (Lipinski definition) is 1. The molecule has 1 aromatic carbocycles. The van der Waals surface area contributed by atoms with Crippen molar-refractivity contribution in [1.82, 2.24) is 0 Å². The smallest absolute Gasteiger partial charge is 0.383 e. The second-order valence-electron chi connectivity index (χ2n) is 2.85. The van der Waals surface area contributed by atoms with Crippen LogP contribution in [0, 0.1) is 0 Å². The Balaban J connectivity index is 2.38. The summed E-state index contributed by atoms with van der Waals surface area (Å²) in [5, 5.41) is 3.32. The van der Waals surface area contributed by atoms with E-state index in [9.17, 15) is 13.2 Å². The Morgan fingerprint density at radius 1 is 1.38 bits per heavy atom. The van der Waals surface area contributed by atoms with Crippen LogP contribution >= 0.6 is 39.3 Å². The van der Waals surface area contributed by atoms with Crippen LogP contribution < -0.4 is 5.32 Å². The molecule has 0 saturated carbocycles. The number of thioether (sulfide) groups is 1. The van der Waals surface area contributed by atoms with E-state index in [0.29, 0.717) is 10.7 Å². The van der Waals surface area contributed by atoms with E-state index in [-0.39, 0.29) is 24.1 Å². The van der Waals surface area contributed by atoms with Gasteiger partial charge >= 0.3 is 5.51 Å². The molecular formula is C9H8BrClF3NS. The summed E-state index contributed by atoms with van der Waals surface area (Å²) < 4.78 is 36.3. The van der Waals surface area contributed by atoms with Crippen molar-refractivity contribution in [3.05, 3.63) is 27.7 Å². The zero-order chi connectivity index (χ0) is 12.2. The number of alkyl halides is 3. The summed E-state index contributed by atoms with van der Waals surface area (Å²) in [5.41, 5.74) is -3.54. The summed E-state index contributed by atoms with van der Waals surface area (Å²) >= 11 is 9.06. The number of rotatable bonds is 4. The van der Waals surface area contributed by atoms with Crippen LogP contribution in [0.5, 0.6) is 0 Å². The lowest BCUT2D eigenvalue weighted by Crippen LogP contribution is -2.09. The molecule has 1 rings (SSSR count). The van der Waals surface area contributed by atoms with Gasteiger partial charge in [-0.25, -0.2) is 0 Å². The SMILES string of the molecule is FC(F)(F)SCCNc1ccc(Br)cc1Cl. The molecule has 7 heteroatoms. The molecule has 0 heterocycles. The summed E-state index contributed by atoms with van der Waals surface area (Å²) in [6, 6.07) is 5.16. The maximum absolute atomic E-state index is 11.8. The minimum atomic E-state index is -4.18. The topological polar surface area (TPSA) is 12.0 Å². The highest BCUT2D eigenvalue weighted by Crippen LogP contribution is 2.30. The summed E-state index contributed by atoms with van der Waals surface area (Å²) in [7, 11) is 0. The largest absolute Gasteiger partial charge is 0.441 e. The van der Waals surface area contributed by atoms with Gasteiger partial charge in [0.15, 0.2) is 0 Å². The highest BCUT2D eigenvalue weighted by Gasteiger charge is 2.27. The minimum absolute atomic E-state index is 0.0457. The molecule has 0 aromatic heterocycles. The summed E-state index contributed by atoms with van der Waals surface area (Å²) in [4.78, 5) is 0. The molecule has 1 aromatic rings. The highest BCUT2D eigenvalue weighted by atomic mass is 79.9. The average molecular weight is 335 g/mol. The first kappa shape index (κ1) is 14.0. The van der Waals surface area contributed by atoms with Crippen molar-refractivity contribution in [3.8, 4) is 0 Å². The Labute approximate surface area is 109 Å². The quantitative estimate of drug-likeness (QED) is 0.796. The molecule has 0 unspecified atom stereocenters. The molecule has 1 nitrogen and oxygen atoms in total. The van der Waals surface area contributed by atoms with Crippen molar-refractivity contribution >= 4 is 45.0 Å². The standard InChI is InChI=1S/C9H8BrClF3NS/c10-6-1-2-8(7(11)5-6)15-3-4-16-9(12,13)14/h1-2,5,15H,3-4H2. The van der Waals surface area contributed by atoms with Gasteiger partial charge < -0.3 is 5.32 Å². The van der Waals surface area contributed by atoms with Gasteiger partial charge in [0.05, 0.1) is 10.7 Å². The van der Waals surface area contributed by atoms with Crippen LogP contribution in [-0.4, -0.2) is 17.8 Å². The zero-order valence-corrected chi connectivity index (χ0v) is 11.1. The fraction of sp³-hybridized carbons (Fsp3) is 0.333. The van der Waals surface area contributed by atoms with Gasteiger partial charge in [-0.15, -0.1) is 0 Å². The maximum atomic E-state index is 11.8. The van der Waals surface area contributed by atoms with Crippen molar-refractivity contribution < 1.29 is 13.2 Å². The zero-order valence-electron chi connectivity index (χ0n) is 7.94. The third kappa shape index (κ3) is 5.32. The van der Waals surface area contributed by atoms with E-state index in [4.69, 9.17) is 11.6 Å². The third-order valence-electron chi connectivity index (χ3n) is 1.61. The Bertz CT molecular complexity index is 359. The predicted molar refractivity (Wildman–Crippen MR) is 66.2 cm³/mol. The first-order valence-corrected chi connectivity index (χ1v) is 6.44. The van der Waals surface area contributed by atoms with Gasteiger partial charge in [0.2, 0.25) is 0 Å². The molecule has 1 N–H and O–H groups in total. The van der Waals surface area contributed by atoms with Gasteiger partial charge in [0, 0.05) is 16.8 Å². The molecule has 0 spiro atoms. The van der Waals surface area contributed by atoms with Crippen LogP contribution in [0.4, 0.5) is 18.9 Å². The molecule has 0 saturated heterocycles. The van der Waals surface area contributed by atoms with E-state index in [2.05, 4.69) is 21.2 Å². The van der Waals surface area contributed by atoms with Crippen LogP contribution in [-0.2, 0) is 0 Å². The van der Waals surface area contributed by atoms with Crippen LogP contribution in [0.25, 0.3) is 0 Å². The maximum Gasteiger partial charge on any atom is 0.441 e. The van der Waals surface area contributed by atoms with Crippen molar-refractivity contribution in [1.29, 1.82) is 0 Å². The van der Waals surface area contributed by atoms with E-state index >= 15 is 0 Å². The van der Waals surface area contributed by atoms with E-state index in [1.165, 1.54) is 0 Å². The Kier molecular flexibility index (Phi) is 5.27. The Hall–Kier alpha value is -0.0700. The van der Waals surface area contributed by atoms with Crippen LogP contribution in [0.1, 0.15) is 0 Å². The first-order valence-electron chi connectivity index (χ1n) is 4.28. The fourth-order valence-electron chi connectivity index (χ4n) is 0.985. The summed E-state index contributed by atoms with van der Waals surface area (Å²) in [6.45, 7) is 0.214. The molecule has 0 amide bonds. The van der Waals surface area contributed by atoms with E-state index in [0.717, 1.165) is 4.47 Å². The lowest BCUT2D eigenvalue weighted by Gasteiger charge is -2.09. The molecule has 0 atom stereocenters. The van der Waals surface area contributed by atoms with Gasteiger partial charge in [-0.05, 0) is 30.0 Å². The van der Waals surface area contributed by atoms with Crippen LogP contribution in [0.2, 0.25) is 5.02 Å².